The number of hydrogen-bond acceptors (Lipinski definition) is 9. The third-order valence-corrected chi connectivity index (χ3v) is 10.4. The Morgan fingerprint density at radius 2 is 2.06 bits per heavy atom. The monoisotopic (exact) mass is 552 g/mol. The molecule has 0 spiro atoms. The van der Waals surface area contributed by atoms with Crippen molar-refractivity contribution in [3.63, 3.8) is 0 Å². The summed E-state index contributed by atoms with van der Waals surface area (Å²) in [4.78, 5) is 47.6. The molecule has 15 heteroatoms. The summed E-state index contributed by atoms with van der Waals surface area (Å²) < 4.78 is 32.5. The van der Waals surface area contributed by atoms with Gasteiger partial charge in [0.1, 0.15) is 0 Å². The fourth-order valence-corrected chi connectivity index (χ4v) is 7.54. The van der Waals surface area contributed by atoms with Crippen LogP contribution in [0.4, 0.5) is 4.79 Å². The third-order valence-electron chi connectivity index (χ3n) is 5.99. The highest BCUT2D eigenvalue weighted by atomic mass is 32.2. The second-order valence-corrected chi connectivity index (χ2v) is 13.1. The molecular formula is C19H28N4O7S4. The predicted molar refractivity (Wildman–Crippen MR) is 133 cm³/mol. The number of imide groups is 1. The summed E-state index contributed by atoms with van der Waals surface area (Å²) >= 11 is 7.81. The largest absolute Gasteiger partial charge is 0.356 e. The molecule has 0 aromatic rings. The molecule has 2 unspecified atom stereocenters. The first-order valence-corrected chi connectivity index (χ1v) is 14.7. The maximum Gasteiger partial charge on any atom is 0.315 e. The maximum atomic E-state index is 12.1. The van der Waals surface area contributed by atoms with Crippen LogP contribution < -0.4 is 16.0 Å². The van der Waals surface area contributed by atoms with Gasteiger partial charge in [-0.15, -0.1) is 0 Å². The third kappa shape index (κ3) is 6.83. The van der Waals surface area contributed by atoms with Gasteiger partial charge in [-0.1, -0.05) is 25.6 Å². The lowest BCUT2D eigenvalue weighted by molar-refractivity contribution is -0.131. The zero-order valence-electron chi connectivity index (χ0n) is 18.5. The molecule has 5 atom stereocenters. The second kappa shape index (κ2) is 11.5. The van der Waals surface area contributed by atoms with Gasteiger partial charge in [-0.3, -0.25) is 18.9 Å². The topological polar surface area (TPSA) is 162 Å². The molecule has 3 aliphatic rings. The van der Waals surface area contributed by atoms with Crippen molar-refractivity contribution < 1.29 is 32.1 Å². The van der Waals surface area contributed by atoms with Crippen LogP contribution in [-0.2, 0) is 24.5 Å². The summed E-state index contributed by atoms with van der Waals surface area (Å²) in [5, 5.41) is 7.29. The van der Waals surface area contributed by atoms with Crippen molar-refractivity contribution in [2.75, 3.05) is 12.3 Å². The minimum Gasteiger partial charge on any atom is -0.356 e. The lowest BCUT2D eigenvalue weighted by Gasteiger charge is -2.18. The summed E-state index contributed by atoms with van der Waals surface area (Å²) in [6.07, 6.45) is 2.87. The first-order valence-electron chi connectivity index (χ1n) is 11.0. The smallest absolute Gasteiger partial charge is 0.315 e. The normalized spacial score (nSPS) is 27.4. The first-order chi connectivity index (χ1) is 16.0. The van der Waals surface area contributed by atoms with E-state index in [4.69, 9.17) is 16.8 Å². The molecule has 0 aliphatic carbocycles. The van der Waals surface area contributed by atoms with Crippen LogP contribution in [0.2, 0.25) is 0 Å². The average Bonchev–Trinajstić information content (AvgIpc) is 3.39. The number of hydrogen-bond donors (Lipinski definition) is 4. The highest BCUT2D eigenvalue weighted by molar-refractivity contribution is 8.22. The van der Waals surface area contributed by atoms with Crippen molar-refractivity contribution in [1.82, 2.24) is 20.3 Å². The van der Waals surface area contributed by atoms with Crippen LogP contribution >= 0.6 is 35.9 Å². The van der Waals surface area contributed by atoms with Gasteiger partial charge < -0.3 is 16.0 Å². The van der Waals surface area contributed by atoms with Gasteiger partial charge in [0, 0.05) is 41.8 Å². The Morgan fingerprint density at radius 3 is 2.74 bits per heavy atom. The van der Waals surface area contributed by atoms with Gasteiger partial charge in [-0.2, -0.15) is 20.2 Å². The van der Waals surface area contributed by atoms with Crippen LogP contribution in [-0.4, -0.2) is 80.1 Å². The second-order valence-electron chi connectivity index (χ2n) is 8.55. The number of unbranched alkanes of at least 4 members (excludes halogenated alkanes) is 1. The summed E-state index contributed by atoms with van der Waals surface area (Å²) in [6, 6.07) is 0.259. The van der Waals surface area contributed by atoms with Crippen molar-refractivity contribution in [2.45, 2.75) is 68.0 Å². The van der Waals surface area contributed by atoms with E-state index in [2.05, 4.69) is 16.0 Å². The van der Waals surface area contributed by atoms with E-state index in [9.17, 15) is 27.6 Å². The number of carbonyl (C=O) groups excluding carboxylic acids is 4. The Labute approximate surface area is 212 Å². The zero-order chi connectivity index (χ0) is 25.0. The number of nitrogens with one attached hydrogen (secondary N) is 3. The number of amides is 5. The van der Waals surface area contributed by atoms with Gasteiger partial charge >= 0.3 is 6.03 Å². The van der Waals surface area contributed by atoms with Crippen molar-refractivity contribution in [3.05, 3.63) is 0 Å². The number of carbonyl (C=O) groups is 4. The van der Waals surface area contributed by atoms with E-state index in [0.717, 1.165) is 25.0 Å². The van der Waals surface area contributed by atoms with Gasteiger partial charge in [0.25, 0.3) is 16.0 Å². The van der Waals surface area contributed by atoms with E-state index >= 15 is 0 Å². The quantitative estimate of drug-likeness (QED) is 0.0722. The number of rotatable bonds is 11. The molecular weight excluding hydrogens is 524 g/mol. The number of thioether (sulfide) groups is 1. The van der Waals surface area contributed by atoms with Crippen molar-refractivity contribution in [3.8, 4) is 0 Å². The van der Waals surface area contributed by atoms with Crippen molar-refractivity contribution in [2.24, 2.45) is 5.92 Å². The minimum absolute atomic E-state index is 0.0700. The Balaban J connectivity index is 1.29. The van der Waals surface area contributed by atoms with Crippen LogP contribution in [0.3, 0.4) is 0 Å². The molecule has 0 aromatic heterocycles. The van der Waals surface area contributed by atoms with Crippen LogP contribution in [0.5, 0.6) is 0 Å². The van der Waals surface area contributed by atoms with Gasteiger partial charge in [0.15, 0.2) is 5.25 Å². The molecule has 0 radical (unpaired) electrons. The molecule has 3 saturated heterocycles. The molecule has 3 fully saturated rings. The Hall–Kier alpha value is -1.42. The molecule has 0 bridgehead atoms. The van der Waals surface area contributed by atoms with E-state index < -0.39 is 33.6 Å². The van der Waals surface area contributed by atoms with Crippen LogP contribution in [0.25, 0.3) is 0 Å². The highest BCUT2D eigenvalue weighted by Crippen LogP contribution is 2.33. The van der Waals surface area contributed by atoms with Gasteiger partial charge in [0.05, 0.1) is 22.7 Å². The number of thiocarbonyl (C=S) groups is 1. The summed E-state index contributed by atoms with van der Waals surface area (Å²) in [5.74, 6) is -1.11. The van der Waals surface area contributed by atoms with Gasteiger partial charge in [-0.05, 0) is 19.3 Å². The molecule has 190 valence electrons. The number of fused-ring (bicyclic) bond motifs is 1. The summed E-state index contributed by atoms with van der Waals surface area (Å²) in [7, 11) is -4.65. The van der Waals surface area contributed by atoms with Crippen LogP contribution in [0.1, 0.15) is 45.4 Å². The summed E-state index contributed by atoms with van der Waals surface area (Å²) in [6.45, 7) is 2.16. The molecule has 0 saturated carbocycles. The maximum absolute atomic E-state index is 12.1. The zero-order valence-corrected chi connectivity index (χ0v) is 21.8. The highest BCUT2D eigenvalue weighted by Gasteiger charge is 2.47. The molecule has 4 N–H and O–H groups in total. The van der Waals surface area contributed by atoms with Gasteiger partial charge in [0.2, 0.25) is 11.8 Å². The number of urea groups is 1. The van der Waals surface area contributed by atoms with E-state index in [1.54, 1.807) is 6.92 Å². The van der Waals surface area contributed by atoms with Gasteiger partial charge in [-0.25, -0.2) is 9.10 Å². The average molecular weight is 553 g/mol. The van der Waals surface area contributed by atoms with Crippen LogP contribution in [0, 0.1) is 5.92 Å². The van der Waals surface area contributed by atoms with E-state index in [0.29, 0.717) is 45.1 Å². The molecule has 3 aliphatic heterocycles. The molecule has 34 heavy (non-hydrogen) atoms. The lowest BCUT2D eigenvalue weighted by atomic mass is 10.0. The molecule has 3 heterocycles. The Bertz CT molecular complexity index is 960. The number of nitrogens with zero attached hydrogens (tertiary/aromatic N) is 1. The van der Waals surface area contributed by atoms with E-state index in [-0.39, 0.29) is 29.9 Å². The van der Waals surface area contributed by atoms with E-state index in [1.807, 2.05) is 11.8 Å². The fraction of sp³-hybridized carbons (Fsp3) is 0.737. The SMILES string of the molecule is CC(CCNC(=O)CCCC[C@@H]1SC[C@@H]2NC(=O)N[C@@H]21)C(=S)SN1C(=O)CC(S(=O)(=O)O)C1=O. The lowest BCUT2D eigenvalue weighted by Crippen LogP contribution is -2.36. The van der Waals surface area contributed by atoms with E-state index in [1.165, 1.54) is 0 Å². The Kier molecular flexibility index (Phi) is 9.23. The van der Waals surface area contributed by atoms with Crippen molar-refractivity contribution in [1.29, 1.82) is 0 Å². The molecule has 0 aromatic carbocycles. The van der Waals surface area contributed by atoms with Crippen LogP contribution in [0.15, 0.2) is 0 Å². The fourth-order valence-electron chi connectivity index (χ4n) is 4.00. The predicted octanol–water partition coefficient (Wildman–Crippen LogP) is 0.846. The standard InChI is InChI=1S/C19H28N4O7S4/c1-10(18(31)33-23-15(25)8-13(17(23)26)34(28,29)30)6-7-20-14(24)5-3-2-4-12-16-11(9-32-12)21-19(27)22-16/h10-13,16H,2-9H2,1H3,(H,20,24)(H2,21,22,27)(H,28,29,30)/t10?,11-,12-,13?,16-/m0/s1. The molecule has 5 amide bonds. The van der Waals surface area contributed by atoms with Crippen molar-refractivity contribution >= 4 is 74.0 Å². The Morgan fingerprint density at radius 1 is 1.32 bits per heavy atom. The summed E-state index contributed by atoms with van der Waals surface area (Å²) in [5.41, 5.74) is 0. The first kappa shape index (κ1) is 27.2. The molecule has 11 nitrogen and oxygen atoms in total. The molecule has 3 rings (SSSR count). The minimum atomic E-state index is -4.65.